The molecule has 20 heavy (non-hydrogen) atoms. The van der Waals surface area contributed by atoms with E-state index in [-0.39, 0.29) is 0 Å². The molecule has 4 heteroatoms. The third kappa shape index (κ3) is 3.58. The highest BCUT2D eigenvalue weighted by molar-refractivity contribution is 6.30. The van der Waals surface area contributed by atoms with Gasteiger partial charge in [-0.15, -0.1) is 0 Å². The lowest BCUT2D eigenvalue weighted by Crippen LogP contribution is -2.02. The van der Waals surface area contributed by atoms with Crippen molar-refractivity contribution in [1.82, 2.24) is 0 Å². The summed E-state index contributed by atoms with van der Waals surface area (Å²) in [5, 5.41) is 4.13. The smallest absolute Gasteiger partial charge is 0.124 e. The summed E-state index contributed by atoms with van der Waals surface area (Å²) < 4.78 is 10.5. The second-order valence-corrected chi connectivity index (χ2v) is 4.96. The molecule has 2 aromatic carbocycles. The fourth-order valence-electron chi connectivity index (χ4n) is 1.96. The van der Waals surface area contributed by atoms with Gasteiger partial charge in [-0.1, -0.05) is 17.7 Å². The maximum absolute atomic E-state index is 5.96. The minimum Gasteiger partial charge on any atom is -0.497 e. The molecule has 0 fully saturated rings. The predicted molar refractivity (Wildman–Crippen MR) is 83.1 cm³/mol. The quantitative estimate of drug-likeness (QED) is 0.892. The van der Waals surface area contributed by atoms with E-state index in [0.717, 1.165) is 28.8 Å². The highest BCUT2D eigenvalue weighted by atomic mass is 35.5. The van der Waals surface area contributed by atoms with Gasteiger partial charge in [0.1, 0.15) is 11.5 Å². The second kappa shape index (κ2) is 6.53. The van der Waals surface area contributed by atoms with Gasteiger partial charge in [0.05, 0.1) is 14.2 Å². The number of nitrogens with one attached hydrogen (secondary N) is 1. The first-order chi connectivity index (χ1) is 9.62. The van der Waals surface area contributed by atoms with Gasteiger partial charge >= 0.3 is 0 Å². The second-order valence-electron chi connectivity index (χ2n) is 4.53. The van der Waals surface area contributed by atoms with Crippen LogP contribution in [0.3, 0.4) is 0 Å². The van der Waals surface area contributed by atoms with Gasteiger partial charge in [0, 0.05) is 35.5 Å². The lowest BCUT2D eigenvalue weighted by molar-refractivity contribution is 0.394. The third-order valence-electron chi connectivity index (χ3n) is 3.14. The summed E-state index contributed by atoms with van der Waals surface area (Å²) in [6.45, 7) is 2.77. The molecular weight excluding hydrogens is 274 g/mol. The maximum atomic E-state index is 5.96. The monoisotopic (exact) mass is 291 g/mol. The van der Waals surface area contributed by atoms with E-state index in [1.165, 1.54) is 11.1 Å². The predicted octanol–water partition coefficient (Wildman–Crippen LogP) is 4.28. The zero-order valence-electron chi connectivity index (χ0n) is 11.9. The lowest BCUT2D eigenvalue weighted by atomic mass is 10.1. The first-order valence-electron chi connectivity index (χ1n) is 6.34. The van der Waals surface area contributed by atoms with Crippen LogP contribution in [0.25, 0.3) is 0 Å². The van der Waals surface area contributed by atoms with Crippen molar-refractivity contribution < 1.29 is 9.47 Å². The van der Waals surface area contributed by atoms with Gasteiger partial charge in [-0.3, -0.25) is 0 Å². The molecule has 2 aromatic rings. The average molecular weight is 292 g/mol. The largest absolute Gasteiger partial charge is 0.497 e. The summed E-state index contributed by atoms with van der Waals surface area (Å²) in [4.78, 5) is 0. The molecule has 2 rings (SSSR count). The van der Waals surface area contributed by atoms with Crippen molar-refractivity contribution in [3.63, 3.8) is 0 Å². The molecule has 0 unspecified atom stereocenters. The topological polar surface area (TPSA) is 30.5 Å². The number of hydrogen-bond donors (Lipinski definition) is 1. The van der Waals surface area contributed by atoms with Gasteiger partial charge in [0.15, 0.2) is 0 Å². The fraction of sp³-hybridized carbons (Fsp3) is 0.250. The van der Waals surface area contributed by atoms with Crippen LogP contribution < -0.4 is 14.8 Å². The van der Waals surface area contributed by atoms with E-state index in [1.54, 1.807) is 14.2 Å². The van der Waals surface area contributed by atoms with Crippen molar-refractivity contribution in [2.75, 3.05) is 19.5 Å². The Labute approximate surface area is 124 Å². The van der Waals surface area contributed by atoms with Crippen molar-refractivity contribution in [2.45, 2.75) is 13.5 Å². The van der Waals surface area contributed by atoms with Crippen LogP contribution >= 0.6 is 11.6 Å². The van der Waals surface area contributed by atoms with Gasteiger partial charge in [-0.2, -0.15) is 0 Å². The average Bonchev–Trinajstić information content (AvgIpc) is 2.46. The van der Waals surface area contributed by atoms with Crippen LogP contribution in [0, 0.1) is 6.92 Å². The maximum Gasteiger partial charge on any atom is 0.124 e. The minimum absolute atomic E-state index is 0.722. The van der Waals surface area contributed by atoms with E-state index in [9.17, 15) is 0 Å². The van der Waals surface area contributed by atoms with Crippen LogP contribution in [0.1, 0.15) is 11.1 Å². The Morgan fingerprint density at radius 2 is 1.65 bits per heavy atom. The number of hydrogen-bond acceptors (Lipinski definition) is 3. The molecule has 0 aliphatic carbocycles. The third-order valence-corrected chi connectivity index (χ3v) is 3.37. The van der Waals surface area contributed by atoms with E-state index in [1.807, 2.05) is 36.4 Å². The van der Waals surface area contributed by atoms with E-state index in [2.05, 4.69) is 12.2 Å². The van der Waals surface area contributed by atoms with Crippen LogP contribution in [0.15, 0.2) is 36.4 Å². The van der Waals surface area contributed by atoms with Crippen LogP contribution in [0.4, 0.5) is 5.69 Å². The van der Waals surface area contributed by atoms with E-state index < -0.39 is 0 Å². The SMILES string of the molecule is COc1cc(NCc2ccc(Cl)cc2C)cc(OC)c1. The van der Waals surface area contributed by atoms with Crippen LogP contribution in [-0.2, 0) is 6.54 Å². The molecule has 0 heterocycles. The Morgan fingerprint density at radius 3 is 2.20 bits per heavy atom. The van der Waals surface area contributed by atoms with Gasteiger partial charge in [-0.05, 0) is 30.2 Å². The number of aryl methyl sites for hydroxylation is 1. The summed E-state index contributed by atoms with van der Waals surface area (Å²) in [5.74, 6) is 1.53. The summed E-state index contributed by atoms with van der Waals surface area (Å²) >= 11 is 5.96. The zero-order chi connectivity index (χ0) is 14.5. The Balaban J connectivity index is 2.13. The summed E-state index contributed by atoms with van der Waals surface area (Å²) in [6.07, 6.45) is 0. The number of rotatable bonds is 5. The normalized spacial score (nSPS) is 10.2. The van der Waals surface area contributed by atoms with Gasteiger partial charge in [-0.25, -0.2) is 0 Å². The molecule has 0 radical (unpaired) electrons. The van der Waals surface area contributed by atoms with Gasteiger partial charge in [0.25, 0.3) is 0 Å². The molecular formula is C16H18ClNO2. The Kier molecular flexibility index (Phi) is 4.74. The summed E-state index contributed by atoms with van der Waals surface area (Å²) in [5.41, 5.74) is 3.33. The van der Waals surface area contributed by atoms with Crippen molar-refractivity contribution in [2.24, 2.45) is 0 Å². The molecule has 0 aromatic heterocycles. The molecule has 0 bridgehead atoms. The molecule has 0 spiro atoms. The Hall–Kier alpha value is -1.87. The first kappa shape index (κ1) is 14.5. The van der Waals surface area contributed by atoms with E-state index in [0.29, 0.717) is 0 Å². The molecule has 0 aliphatic rings. The van der Waals surface area contributed by atoms with E-state index in [4.69, 9.17) is 21.1 Å². The number of anilines is 1. The molecule has 0 saturated carbocycles. The summed E-state index contributed by atoms with van der Waals surface area (Å²) in [7, 11) is 3.28. The molecule has 0 aliphatic heterocycles. The van der Waals surface area contributed by atoms with Crippen LogP contribution in [0.5, 0.6) is 11.5 Å². The highest BCUT2D eigenvalue weighted by Crippen LogP contribution is 2.26. The van der Waals surface area contributed by atoms with E-state index >= 15 is 0 Å². The highest BCUT2D eigenvalue weighted by Gasteiger charge is 2.03. The molecule has 3 nitrogen and oxygen atoms in total. The minimum atomic E-state index is 0.722. The van der Waals surface area contributed by atoms with Crippen LogP contribution in [-0.4, -0.2) is 14.2 Å². The van der Waals surface area contributed by atoms with Crippen molar-refractivity contribution in [3.05, 3.63) is 52.5 Å². The molecule has 1 N–H and O–H groups in total. The lowest BCUT2D eigenvalue weighted by Gasteiger charge is -2.12. The molecule has 0 amide bonds. The standard InChI is InChI=1S/C16H18ClNO2/c1-11-6-13(17)5-4-12(11)10-18-14-7-15(19-2)9-16(8-14)20-3/h4-9,18H,10H2,1-3H3. The van der Waals surface area contributed by atoms with Crippen molar-refractivity contribution >= 4 is 17.3 Å². The first-order valence-corrected chi connectivity index (χ1v) is 6.72. The zero-order valence-corrected chi connectivity index (χ0v) is 12.6. The van der Waals surface area contributed by atoms with Crippen molar-refractivity contribution in [1.29, 1.82) is 0 Å². The molecule has 0 saturated heterocycles. The fourth-order valence-corrected chi connectivity index (χ4v) is 2.19. The Morgan fingerprint density at radius 1 is 1.00 bits per heavy atom. The molecule has 0 atom stereocenters. The number of halogens is 1. The number of benzene rings is 2. The number of methoxy groups -OCH3 is 2. The number of ether oxygens (including phenoxy) is 2. The molecule has 106 valence electrons. The van der Waals surface area contributed by atoms with Gasteiger partial charge in [0.2, 0.25) is 0 Å². The van der Waals surface area contributed by atoms with Crippen LogP contribution in [0.2, 0.25) is 5.02 Å². The Bertz CT molecular complexity index is 577. The van der Waals surface area contributed by atoms with Gasteiger partial charge < -0.3 is 14.8 Å². The van der Waals surface area contributed by atoms with Crippen molar-refractivity contribution in [3.8, 4) is 11.5 Å². The summed E-state index contributed by atoms with van der Waals surface area (Å²) in [6, 6.07) is 11.6.